The molecule has 2 aliphatic heterocycles. The fraction of sp³-hybridized carbons (Fsp3) is 0.438. The number of sulfone groups is 1. The van der Waals surface area contributed by atoms with Gasteiger partial charge >= 0.3 is 0 Å². The molecule has 3 amide bonds. The summed E-state index contributed by atoms with van der Waals surface area (Å²) in [5, 5.41) is -0.438. The number of hydrogen-bond acceptors (Lipinski definition) is 7. The van der Waals surface area contributed by atoms with Crippen LogP contribution in [0, 0.1) is 0 Å². The van der Waals surface area contributed by atoms with Crippen molar-refractivity contribution in [2.75, 3.05) is 25.1 Å². The summed E-state index contributed by atoms with van der Waals surface area (Å²) in [7, 11) is -1.53. The highest BCUT2D eigenvalue weighted by Crippen LogP contribution is 2.32. The summed E-state index contributed by atoms with van der Waals surface area (Å²) in [5.74, 6) is -0.247. The maximum absolute atomic E-state index is 12.3. The molecule has 140 valence electrons. The van der Waals surface area contributed by atoms with Crippen LogP contribution in [0.15, 0.2) is 27.7 Å². The Morgan fingerprint density at radius 2 is 2.23 bits per heavy atom. The van der Waals surface area contributed by atoms with Gasteiger partial charge in [0.2, 0.25) is 5.91 Å². The van der Waals surface area contributed by atoms with Crippen LogP contribution in [0.5, 0.6) is 0 Å². The second-order valence-electron chi connectivity index (χ2n) is 6.16. The molecule has 2 aliphatic rings. The summed E-state index contributed by atoms with van der Waals surface area (Å²) in [6, 6.07) is 3.00. The number of amides is 3. The molecular formula is C16H18N2O6S2. The zero-order valence-electron chi connectivity index (χ0n) is 14.1. The first-order chi connectivity index (χ1) is 12.3. The Hall–Kier alpha value is -2.07. The molecule has 26 heavy (non-hydrogen) atoms. The first-order valence-corrected chi connectivity index (χ1v) is 10.7. The number of furan rings is 1. The van der Waals surface area contributed by atoms with Gasteiger partial charge in [0.25, 0.3) is 11.1 Å². The Morgan fingerprint density at radius 1 is 1.46 bits per heavy atom. The molecule has 3 heterocycles. The summed E-state index contributed by atoms with van der Waals surface area (Å²) in [4.78, 5) is 39.3. The van der Waals surface area contributed by atoms with Crippen molar-refractivity contribution in [1.29, 1.82) is 0 Å². The van der Waals surface area contributed by atoms with Crippen LogP contribution in [0.4, 0.5) is 4.79 Å². The minimum absolute atomic E-state index is 0.0389. The molecule has 0 aliphatic carbocycles. The van der Waals surface area contributed by atoms with Gasteiger partial charge < -0.3 is 9.32 Å². The zero-order valence-corrected chi connectivity index (χ0v) is 15.7. The molecule has 0 bridgehead atoms. The lowest BCUT2D eigenvalue weighted by atomic mass is 10.2. The van der Waals surface area contributed by atoms with E-state index in [-0.39, 0.29) is 41.3 Å². The number of carbonyl (C=O) groups is 3. The minimum atomic E-state index is -3.09. The number of carbonyl (C=O) groups excluding carboxylic acids is 3. The van der Waals surface area contributed by atoms with Gasteiger partial charge in [0.05, 0.1) is 22.7 Å². The highest BCUT2D eigenvalue weighted by molar-refractivity contribution is 8.18. The van der Waals surface area contributed by atoms with Crippen molar-refractivity contribution < 1.29 is 27.2 Å². The average molecular weight is 398 g/mol. The van der Waals surface area contributed by atoms with Gasteiger partial charge in [-0.3, -0.25) is 19.3 Å². The van der Waals surface area contributed by atoms with Crippen LogP contribution < -0.4 is 0 Å². The van der Waals surface area contributed by atoms with Gasteiger partial charge in [-0.1, -0.05) is 0 Å². The molecule has 1 aromatic heterocycles. The van der Waals surface area contributed by atoms with Gasteiger partial charge in [0, 0.05) is 32.1 Å². The fourth-order valence-electron chi connectivity index (χ4n) is 2.86. The average Bonchev–Trinajstić information content (AvgIpc) is 3.27. The lowest BCUT2D eigenvalue weighted by Gasteiger charge is -2.24. The molecule has 2 fully saturated rings. The summed E-state index contributed by atoms with van der Waals surface area (Å²) < 4.78 is 28.2. The topological polar surface area (TPSA) is 105 Å². The van der Waals surface area contributed by atoms with Crippen LogP contribution >= 0.6 is 11.8 Å². The van der Waals surface area contributed by atoms with Crippen LogP contribution in [-0.2, 0) is 19.4 Å². The van der Waals surface area contributed by atoms with Gasteiger partial charge in [-0.25, -0.2) is 8.42 Å². The fourth-order valence-corrected chi connectivity index (χ4v) is 5.48. The molecule has 3 rings (SSSR count). The first-order valence-electron chi connectivity index (χ1n) is 8.02. The molecular weight excluding hydrogens is 380 g/mol. The van der Waals surface area contributed by atoms with E-state index in [2.05, 4.69) is 0 Å². The summed E-state index contributed by atoms with van der Waals surface area (Å²) in [5.41, 5.74) is 0. The molecule has 0 radical (unpaired) electrons. The van der Waals surface area contributed by atoms with E-state index in [1.165, 1.54) is 17.2 Å². The number of rotatable bonds is 5. The van der Waals surface area contributed by atoms with Crippen molar-refractivity contribution in [3.05, 3.63) is 29.1 Å². The van der Waals surface area contributed by atoms with Crippen LogP contribution in [0.3, 0.4) is 0 Å². The number of thioether (sulfide) groups is 1. The third kappa shape index (κ3) is 4.01. The highest BCUT2D eigenvalue weighted by atomic mass is 32.2. The van der Waals surface area contributed by atoms with Crippen LogP contribution in [0.25, 0.3) is 6.08 Å². The maximum Gasteiger partial charge on any atom is 0.293 e. The first kappa shape index (κ1) is 18.7. The van der Waals surface area contributed by atoms with E-state index >= 15 is 0 Å². The predicted octanol–water partition coefficient (Wildman–Crippen LogP) is 1.35. The molecule has 1 unspecified atom stereocenters. The summed E-state index contributed by atoms with van der Waals surface area (Å²) in [6.07, 6.45) is 3.33. The second-order valence-corrected chi connectivity index (χ2v) is 9.38. The second kappa shape index (κ2) is 7.28. The van der Waals surface area contributed by atoms with Crippen molar-refractivity contribution >= 4 is 44.7 Å². The third-order valence-electron chi connectivity index (χ3n) is 4.39. The SMILES string of the molecule is CN(C(=O)CCN1C(=O)SC(=Cc2ccco2)C1=O)C1CCS(=O)(=O)C1. The number of hydrogen-bond donors (Lipinski definition) is 0. The zero-order chi connectivity index (χ0) is 18.9. The minimum Gasteiger partial charge on any atom is -0.465 e. The van der Waals surface area contributed by atoms with Crippen LogP contribution in [0.1, 0.15) is 18.6 Å². The van der Waals surface area contributed by atoms with Crippen molar-refractivity contribution in [2.24, 2.45) is 0 Å². The Bertz CT molecular complexity index is 859. The van der Waals surface area contributed by atoms with E-state index in [1.54, 1.807) is 19.2 Å². The van der Waals surface area contributed by atoms with Crippen molar-refractivity contribution in [3.63, 3.8) is 0 Å². The van der Waals surface area contributed by atoms with E-state index in [9.17, 15) is 22.8 Å². The highest BCUT2D eigenvalue weighted by Gasteiger charge is 2.37. The lowest BCUT2D eigenvalue weighted by Crippen LogP contribution is -2.40. The molecule has 1 atom stereocenters. The molecule has 2 saturated heterocycles. The van der Waals surface area contributed by atoms with Crippen molar-refractivity contribution in [3.8, 4) is 0 Å². The lowest BCUT2D eigenvalue weighted by molar-refractivity contribution is -0.132. The molecule has 10 heteroatoms. The normalized spacial score (nSPS) is 23.8. The van der Waals surface area contributed by atoms with Crippen LogP contribution in [-0.4, -0.2) is 66.4 Å². The molecule has 0 spiro atoms. The molecule has 0 aromatic carbocycles. The molecule has 0 N–H and O–H groups in total. The summed E-state index contributed by atoms with van der Waals surface area (Å²) in [6.45, 7) is -0.0389. The predicted molar refractivity (Wildman–Crippen MR) is 95.8 cm³/mol. The maximum atomic E-state index is 12.3. The number of imide groups is 1. The Labute approximate surface area is 155 Å². The largest absolute Gasteiger partial charge is 0.465 e. The van der Waals surface area contributed by atoms with E-state index in [0.29, 0.717) is 12.2 Å². The van der Waals surface area contributed by atoms with E-state index in [0.717, 1.165) is 16.7 Å². The Balaban J connectivity index is 1.58. The van der Waals surface area contributed by atoms with Gasteiger partial charge in [0.15, 0.2) is 9.84 Å². The molecule has 1 aromatic rings. The smallest absolute Gasteiger partial charge is 0.293 e. The van der Waals surface area contributed by atoms with E-state index in [1.807, 2.05) is 0 Å². The van der Waals surface area contributed by atoms with Gasteiger partial charge in [-0.05, 0) is 30.3 Å². The van der Waals surface area contributed by atoms with E-state index in [4.69, 9.17) is 4.42 Å². The quantitative estimate of drug-likeness (QED) is 0.690. The van der Waals surface area contributed by atoms with Gasteiger partial charge in [0.1, 0.15) is 5.76 Å². The molecule has 0 saturated carbocycles. The number of nitrogens with zero attached hydrogens (tertiary/aromatic N) is 2. The van der Waals surface area contributed by atoms with E-state index < -0.39 is 21.0 Å². The van der Waals surface area contributed by atoms with Gasteiger partial charge in [-0.2, -0.15) is 0 Å². The van der Waals surface area contributed by atoms with Crippen molar-refractivity contribution in [1.82, 2.24) is 9.80 Å². The van der Waals surface area contributed by atoms with Crippen LogP contribution in [0.2, 0.25) is 0 Å². The summed E-state index contributed by atoms with van der Waals surface area (Å²) >= 11 is 0.799. The Kier molecular flexibility index (Phi) is 5.24. The van der Waals surface area contributed by atoms with Crippen molar-refractivity contribution in [2.45, 2.75) is 18.9 Å². The molecule has 8 nitrogen and oxygen atoms in total. The van der Waals surface area contributed by atoms with Gasteiger partial charge in [-0.15, -0.1) is 0 Å². The third-order valence-corrected chi connectivity index (χ3v) is 7.05. The monoisotopic (exact) mass is 398 g/mol. The standard InChI is InChI=1S/C16H18N2O6S2/c1-17(11-5-8-26(22,23)10-11)14(19)4-6-18-15(20)13(25-16(18)21)9-12-3-2-7-24-12/h2-3,7,9,11H,4-6,8,10H2,1H3. The Morgan fingerprint density at radius 3 is 2.85 bits per heavy atom.